The van der Waals surface area contributed by atoms with E-state index in [9.17, 15) is 22.4 Å². The van der Waals surface area contributed by atoms with E-state index in [4.69, 9.17) is 5.26 Å². The third-order valence-electron chi connectivity index (χ3n) is 1.84. The topological polar surface area (TPSA) is 59.3 Å². The number of hydrogen-bond donors (Lipinski definition) is 0. The minimum absolute atomic E-state index is 0.679. The second-order valence-electron chi connectivity index (χ2n) is 2.95. The molecular formula is C10H5F4NO3. The minimum atomic E-state index is -5.20. The molecule has 1 rings (SSSR count). The zero-order valence-electron chi connectivity index (χ0n) is 8.84. The molecule has 4 nitrogen and oxygen atoms in total. The average Bonchev–Trinajstić information content (AvgIpc) is 2.29. The van der Waals surface area contributed by atoms with Crippen LogP contribution in [0.25, 0.3) is 0 Å². The average molecular weight is 263 g/mol. The van der Waals surface area contributed by atoms with Gasteiger partial charge in [-0.15, -0.1) is 13.2 Å². The largest absolute Gasteiger partial charge is 0.573 e. The lowest BCUT2D eigenvalue weighted by Crippen LogP contribution is -2.20. The van der Waals surface area contributed by atoms with E-state index in [-0.39, 0.29) is 0 Å². The molecule has 0 unspecified atom stereocenters. The molecule has 8 heteroatoms. The van der Waals surface area contributed by atoms with Crippen LogP contribution in [-0.2, 0) is 4.74 Å². The molecule has 0 saturated carbocycles. The molecule has 0 aliphatic heterocycles. The quantitative estimate of drug-likeness (QED) is 0.607. The summed E-state index contributed by atoms with van der Waals surface area (Å²) in [5, 5.41) is 8.48. The molecule has 0 bridgehead atoms. The first-order valence-corrected chi connectivity index (χ1v) is 4.36. The van der Waals surface area contributed by atoms with Crippen molar-refractivity contribution in [3.05, 3.63) is 29.1 Å². The molecule has 0 radical (unpaired) electrons. The van der Waals surface area contributed by atoms with Crippen molar-refractivity contribution in [3.8, 4) is 11.8 Å². The zero-order valence-corrected chi connectivity index (χ0v) is 8.84. The number of nitriles is 1. The predicted molar refractivity (Wildman–Crippen MR) is 49.1 cm³/mol. The van der Waals surface area contributed by atoms with Crippen molar-refractivity contribution in [2.75, 3.05) is 7.11 Å². The normalized spacial score (nSPS) is 10.7. The molecule has 0 aromatic heterocycles. The van der Waals surface area contributed by atoms with Gasteiger partial charge < -0.3 is 9.47 Å². The van der Waals surface area contributed by atoms with E-state index in [1.54, 1.807) is 0 Å². The second-order valence-corrected chi connectivity index (χ2v) is 2.95. The molecule has 18 heavy (non-hydrogen) atoms. The van der Waals surface area contributed by atoms with Gasteiger partial charge in [0.1, 0.15) is 11.6 Å². The van der Waals surface area contributed by atoms with Crippen molar-refractivity contribution in [2.45, 2.75) is 6.36 Å². The third kappa shape index (κ3) is 2.88. The van der Waals surface area contributed by atoms with Gasteiger partial charge in [0, 0.05) is 0 Å². The molecule has 1 aromatic rings. The molecule has 0 aliphatic carbocycles. The van der Waals surface area contributed by atoms with Crippen LogP contribution in [-0.4, -0.2) is 19.4 Å². The Bertz CT molecular complexity index is 519. The Hall–Kier alpha value is -2.30. The number of benzene rings is 1. The van der Waals surface area contributed by atoms with Crippen molar-refractivity contribution in [1.29, 1.82) is 5.26 Å². The fourth-order valence-electron chi connectivity index (χ4n) is 1.13. The maximum absolute atomic E-state index is 13.5. The highest BCUT2D eigenvalue weighted by atomic mass is 19.4. The molecule has 0 heterocycles. The molecule has 0 aliphatic rings. The van der Waals surface area contributed by atoms with Crippen molar-refractivity contribution in [2.24, 2.45) is 0 Å². The number of rotatable bonds is 2. The van der Waals surface area contributed by atoms with E-state index in [1.807, 2.05) is 0 Å². The van der Waals surface area contributed by atoms with Gasteiger partial charge in [-0.05, 0) is 12.1 Å². The lowest BCUT2D eigenvalue weighted by molar-refractivity contribution is -0.275. The third-order valence-corrected chi connectivity index (χ3v) is 1.84. The van der Waals surface area contributed by atoms with Crippen LogP contribution in [0.2, 0.25) is 0 Å². The maximum atomic E-state index is 13.5. The number of esters is 1. The monoisotopic (exact) mass is 263 g/mol. The lowest BCUT2D eigenvalue weighted by atomic mass is 10.1. The molecule has 96 valence electrons. The highest BCUT2D eigenvalue weighted by Crippen LogP contribution is 2.31. The Labute approximate surface area is 98.3 Å². The molecule has 1 aromatic carbocycles. The van der Waals surface area contributed by atoms with Gasteiger partial charge in [-0.2, -0.15) is 5.26 Å². The summed E-state index contributed by atoms with van der Waals surface area (Å²) < 4.78 is 57.3. The van der Waals surface area contributed by atoms with Crippen LogP contribution in [0.3, 0.4) is 0 Å². The van der Waals surface area contributed by atoms with Crippen molar-refractivity contribution >= 4 is 5.97 Å². The molecule has 0 fully saturated rings. The van der Waals surface area contributed by atoms with E-state index in [0.29, 0.717) is 0 Å². The molecule has 0 spiro atoms. The SMILES string of the molecule is COC(=O)c1ccc(C#N)c(F)c1OC(F)(F)F. The Morgan fingerprint density at radius 3 is 2.44 bits per heavy atom. The van der Waals surface area contributed by atoms with Gasteiger partial charge in [-0.3, -0.25) is 0 Å². The zero-order chi connectivity index (χ0) is 13.9. The number of methoxy groups -OCH3 is 1. The first kappa shape index (κ1) is 13.8. The van der Waals surface area contributed by atoms with Gasteiger partial charge in [-0.1, -0.05) is 0 Å². The summed E-state index contributed by atoms with van der Waals surface area (Å²) in [4.78, 5) is 11.2. The lowest BCUT2D eigenvalue weighted by Gasteiger charge is -2.13. The number of halogens is 4. The van der Waals surface area contributed by atoms with Gasteiger partial charge in [-0.25, -0.2) is 9.18 Å². The predicted octanol–water partition coefficient (Wildman–Crippen LogP) is 2.38. The fourth-order valence-corrected chi connectivity index (χ4v) is 1.13. The second kappa shape index (κ2) is 4.91. The Morgan fingerprint density at radius 1 is 1.39 bits per heavy atom. The number of carbonyl (C=O) groups is 1. The van der Waals surface area contributed by atoms with Gasteiger partial charge >= 0.3 is 12.3 Å². The standard InChI is InChI=1S/C10H5F4NO3/c1-17-9(16)6-3-2-5(4-15)7(11)8(6)18-10(12,13)14/h2-3H,1H3. The van der Waals surface area contributed by atoms with Crippen LogP contribution in [0, 0.1) is 17.1 Å². The first-order chi connectivity index (χ1) is 8.30. The van der Waals surface area contributed by atoms with E-state index >= 15 is 0 Å². The van der Waals surface area contributed by atoms with Gasteiger partial charge in [0.2, 0.25) is 0 Å². The number of carbonyl (C=O) groups excluding carboxylic acids is 1. The molecule has 0 saturated heterocycles. The summed E-state index contributed by atoms with van der Waals surface area (Å²) >= 11 is 0. The summed E-state index contributed by atoms with van der Waals surface area (Å²) in [6, 6.07) is 3.00. The van der Waals surface area contributed by atoms with Crippen molar-refractivity contribution < 1.29 is 31.8 Å². The number of nitrogens with zero attached hydrogens (tertiary/aromatic N) is 1. The molecule has 0 amide bonds. The highest BCUT2D eigenvalue weighted by molar-refractivity contribution is 5.92. The van der Waals surface area contributed by atoms with Crippen LogP contribution in [0.4, 0.5) is 17.6 Å². The van der Waals surface area contributed by atoms with Crippen LogP contribution in [0.15, 0.2) is 12.1 Å². The maximum Gasteiger partial charge on any atom is 0.573 e. The van der Waals surface area contributed by atoms with E-state index in [0.717, 1.165) is 19.2 Å². The van der Waals surface area contributed by atoms with Crippen LogP contribution >= 0.6 is 0 Å². The van der Waals surface area contributed by atoms with Gasteiger partial charge in [0.25, 0.3) is 0 Å². The van der Waals surface area contributed by atoms with Gasteiger partial charge in [0.15, 0.2) is 11.6 Å². The summed E-state index contributed by atoms with van der Waals surface area (Å²) in [6.07, 6.45) is -5.20. The molecular weight excluding hydrogens is 258 g/mol. The van der Waals surface area contributed by atoms with E-state index < -0.39 is 35.0 Å². The molecule has 0 N–H and O–H groups in total. The summed E-state index contributed by atoms with van der Waals surface area (Å²) in [7, 11) is 0.913. The van der Waals surface area contributed by atoms with E-state index in [1.165, 1.54) is 6.07 Å². The van der Waals surface area contributed by atoms with Gasteiger partial charge in [0.05, 0.1) is 12.7 Å². The summed E-state index contributed by atoms with van der Waals surface area (Å²) in [5.74, 6) is -4.16. The fraction of sp³-hybridized carbons (Fsp3) is 0.200. The van der Waals surface area contributed by atoms with Crippen molar-refractivity contribution in [1.82, 2.24) is 0 Å². The smallest absolute Gasteiger partial charge is 0.465 e. The Morgan fingerprint density at radius 2 is 2.00 bits per heavy atom. The number of alkyl halides is 3. The van der Waals surface area contributed by atoms with Crippen LogP contribution in [0.5, 0.6) is 5.75 Å². The summed E-state index contributed by atoms with van der Waals surface area (Å²) in [6.45, 7) is 0. The van der Waals surface area contributed by atoms with Crippen LogP contribution in [0.1, 0.15) is 15.9 Å². The highest BCUT2D eigenvalue weighted by Gasteiger charge is 2.35. The first-order valence-electron chi connectivity index (χ1n) is 4.36. The number of ether oxygens (including phenoxy) is 2. The number of hydrogen-bond acceptors (Lipinski definition) is 4. The van der Waals surface area contributed by atoms with E-state index in [2.05, 4.69) is 9.47 Å². The Balaban J connectivity index is 3.41. The molecule has 0 atom stereocenters. The van der Waals surface area contributed by atoms with Crippen molar-refractivity contribution in [3.63, 3.8) is 0 Å². The van der Waals surface area contributed by atoms with Crippen LogP contribution < -0.4 is 4.74 Å². The Kier molecular flexibility index (Phi) is 3.76. The summed E-state index contributed by atoms with van der Waals surface area (Å²) in [5.41, 5.74) is -1.44. The minimum Gasteiger partial charge on any atom is -0.465 e.